The van der Waals surface area contributed by atoms with E-state index in [0.717, 1.165) is 44.8 Å². The lowest BCUT2D eigenvalue weighted by atomic mass is 10.1. The molecule has 6 nitrogen and oxygen atoms in total. The van der Waals surface area contributed by atoms with E-state index in [1.54, 1.807) is 0 Å². The van der Waals surface area contributed by atoms with Crippen LogP contribution in [0, 0.1) is 0 Å². The smallest absolute Gasteiger partial charge is 0.164 e. The predicted molar refractivity (Wildman–Crippen MR) is 259 cm³/mol. The molecule has 0 fully saturated rings. The Morgan fingerprint density at radius 2 is 0.508 bits per heavy atom. The van der Waals surface area contributed by atoms with E-state index in [-0.39, 0.29) is 0 Å². The molecule has 0 amide bonds. The maximum Gasteiger partial charge on any atom is 0.164 e. The van der Waals surface area contributed by atoms with Crippen LogP contribution in [-0.4, -0.2) is 28.7 Å². The third-order valence-electron chi connectivity index (χ3n) is 12.5. The van der Waals surface area contributed by atoms with Crippen molar-refractivity contribution in [3.8, 4) is 51.2 Å². The molecule has 13 aromatic rings. The van der Waals surface area contributed by atoms with Crippen molar-refractivity contribution in [2.24, 2.45) is 0 Å². The molecular formula is C57H36N6. The number of rotatable bonds is 6. The summed E-state index contributed by atoms with van der Waals surface area (Å²) in [4.78, 5) is 15.2. The van der Waals surface area contributed by atoms with E-state index in [1.807, 2.05) is 30.3 Å². The second-order valence-corrected chi connectivity index (χ2v) is 16.1. The lowest BCUT2D eigenvalue weighted by molar-refractivity contribution is 1.07. The highest BCUT2D eigenvalue weighted by Crippen LogP contribution is 2.38. The molecule has 0 N–H and O–H groups in total. The SMILES string of the molecule is c1ccc(-c2nc(-c3ccc(-n4c5ccccc5c5ccccc54)cc3)nc(-c3ccc(-n4c5ccccc5c5cc(-n6c7ccccc7c7ccccc76)ccc54)cc3)n2)cc1. The van der Waals surface area contributed by atoms with Gasteiger partial charge in [0.2, 0.25) is 0 Å². The topological polar surface area (TPSA) is 53.5 Å². The van der Waals surface area contributed by atoms with Gasteiger partial charge in [-0.25, -0.2) is 15.0 Å². The Hall–Kier alpha value is -8.61. The molecule has 0 aliphatic carbocycles. The van der Waals surface area contributed by atoms with Crippen LogP contribution in [0.2, 0.25) is 0 Å². The number of aromatic nitrogens is 6. The number of para-hydroxylation sites is 5. The highest BCUT2D eigenvalue weighted by molar-refractivity contribution is 6.12. The Kier molecular flexibility index (Phi) is 7.80. The van der Waals surface area contributed by atoms with Gasteiger partial charge in [0.05, 0.1) is 33.1 Å². The second kappa shape index (κ2) is 14.0. The zero-order valence-corrected chi connectivity index (χ0v) is 34.0. The monoisotopic (exact) mass is 804 g/mol. The van der Waals surface area contributed by atoms with Crippen molar-refractivity contribution in [1.82, 2.24) is 28.7 Å². The van der Waals surface area contributed by atoms with Crippen LogP contribution >= 0.6 is 0 Å². The van der Waals surface area contributed by atoms with Gasteiger partial charge in [-0.3, -0.25) is 0 Å². The van der Waals surface area contributed by atoms with E-state index in [4.69, 9.17) is 15.0 Å². The third kappa shape index (κ3) is 5.55. The van der Waals surface area contributed by atoms with E-state index in [9.17, 15) is 0 Å². The molecule has 0 unspecified atom stereocenters. The summed E-state index contributed by atoms with van der Waals surface area (Å²) < 4.78 is 7.07. The van der Waals surface area contributed by atoms with Crippen LogP contribution in [0.4, 0.5) is 0 Å². The molecule has 4 aromatic heterocycles. The van der Waals surface area contributed by atoms with E-state index in [0.29, 0.717) is 17.5 Å². The van der Waals surface area contributed by atoms with Crippen LogP contribution in [0.15, 0.2) is 218 Å². The number of benzene rings is 9. The minimum atomic E-state index is 0.620. The Morgan fingerprint density at radius 3 is 0.905 bits per heavy atom. The van der Waals surface area contributed by atoms with Crippen LogP contribution in [-0.2, 0) is 0 Å². The predicted octanol–water partition coefficient (Wildman–Crippen LogP) is 14.2. The van der Waals surface area contributed by atoms with E-state index < -0.39 is 0 Å². The highest BCUT2D eigenvalue weighted by atomic mass is 15.0. The summed E-state index contributed by atoms with van der Waals surface area (Å²) in [5.41, 5.74) is 13.1. The molecule has 0 saturated heterocycles. The van der Waals surface area contributed by atoms with Gasteiger partial charge in [-0.05, 0) is 97.1 Å². The molecule has 294 valence electrons. The average molecular weight is 805 g/mol. The lowest BCUT2D eigenvalue weighted by Crippen LogP contribution is -2.01. The molecule has 63 heavy (non-hydrogen) atoms. The minimum absolute atomic E-state index is 0.620. The van der Waals surface area contributed by atoms with Crippen molar-refractivity contribution < 1.29 is 0 Å². The van der Waals surface area contributed by atoms with E-state index in [1.165, 1.54) is 54.4 Å². The Bertz CT molecular complexity index is 3790. The van der Waals surface area contributed by atoms with Gasteiger partial charge in [0.15, 0.2) is 17.5 Å². The van der Waals surface area contributed by atoms with Crippen molar-refractivity contribution in [2.45, 2.75) is 0 Å². The molecule has 0 aliphatic rings. The summed E-state index contributed by atoms with van der Waals surface area (Å²) >= 11 is 0. The summed E-state index contributed by atoms with van der Waals surface area (Å²) in [5.74, 6) is 1.88. The van der Waals surface area contributed by atoms with Crippen LogP contribution in [0.25, 0.3) is 117 Å². The molecule has 0 aliphatic heterocycles. The zero-order valence-electron chi connectivity index (χ0n) is 34.0. The average Bonchev–Trinajstić information content (AvgIpc) is 4.00. The summed E-state index contributed by atoms with van der Waals surface area (Å²) in [6.45, 7) is 0. The van der Waals surface area contributed by atoms with Gasteiger partial charge in [0.25, 0.3) is 0 Å². The molecule has 0 bridgehead atoms. The van der Waals surface area contributed by atoms with E-state index in [2.05, 4.69) is 202 Å². The van der Waals surface area contributed by atoms with Crippen molar-refractivity contribution >= 4 is 65.4 Å². The molecular weight excluding hydrogens is 769 g/mol. The van der Waals surface area contributed by atoms with Gasteiger partial charge < -0.3 is 13.7 Å². The molecule has 9 aromatic carbocycles. The summed E-state index contributed by atoms with van der Waals surface area (Å²) in [6.07, 6.45) is 0. The first-order chi connectivity index (χ1) is 31.2. The molecule has 0 spiro atoms. The highest BCUT2D eigenvalue weighted by Gasteiger charge is 2.18. The second-order valence-electron chi connectivity index (χ2n) is 16.1. The fourth-order valence-corrected chi connectivity index (χ4v) is 9.65. The van der Waals surface area contributed by atoms with Crippen LogP contribution < -0.4 is 0 Å². The van der Waals surface area contributed by atoms with Gasteiger partial charge in [0, 0.05) is 66.1 Å². The molecule has 13 rings (SSSR count). The lowest BCUT2D eigenvalue weighted by Gasteiger charge is -2.12. The number of nitrogens with zero attached hydrogens (tertiary/aromatic N) is 6. The maximum atomic E-state index is 5.12. The number of fused-ring (bicyclic) bond motifs is 9. The summed E-state index contributed by atoms with van der Waals surface area (Å²) in [7, 11) is 0. The third-order valence-corrected chi connectivity index (χ3v) is 12.5. The van der Waals surface area contributed by atoms with Gasteiger partial charge in [-0.2, -0.15) is 0 Å². The quantitative estimate of drug-likeness (QED) is 0.168. The first kappa shape index (κ1) is 35.2. The normalized spacial score (nSPS) is 11.8. The molecule has 0 atom stereocenters. The molecule has 6 heteroatoms. The fourth-order valence-electron chi connectivity index (χ4n) is 9.65. The Labute approximate surface area is 362 Å². The molecule has 0 radical (unpaired) electrons. The molecule has 0 saturated carbocycles. The standard InChI is InChI=1S/C57H36N6/c1-2-14-37(15-3-1)55-58-56(38-26-30-40(31-27-38)61-49-21-9-4-16-43(49)44-17-5-10-22-50(44)61)60-57(59-55)39-28-32-41(33-29-39)62-53-25-13-8-20-47(53)48-36-42(34-35-54(48)62)63-51-23-11-6-18-45(51)46-19-7-12-24-52(46)63/h1-36H. The number of hydrogen-bond donors (Lipinski definition) is 0. The first-order valence-electron chi connectivity index (χ1n) is 21.3. The van der Waals surface area contributed by atoms with E-state index >= 15 is 0 Å². The van der Waals surface area contributed by atoms with Crippen LogP contribution in [0.3, 0.4) is 0 Å². The maximum absolute atomic E-state index is 5.12. The Balaban J connectivity index is 0.903. The molecule has 4 heterocycles. The van der Waals surface area contributed by atoms with Gasteiger partial charge in [0.1, 0.15) is 0 Å². The summed E-state index contributed by atoms with van der Waals surface area (Å²) in [6, 6.07) is 77.3. The number of hydrogen-bond acceptors (Lipinski definition) is 3. The van der Waals surface area contributed by atoms with Gasteiger partial charge >= 0.3 is 0 Å². The van der Waals surface area contributed by atoms with Crippen molar-refractivity contribution in [1.29, 1.82) is 0 Å². The van der Waals surface area contributed by atoms with Crippen molar-refractivity contribution in [2.75, 3.05) is 0 Å². The first-order valence-corrected chi connectivity index (χ1v) is 21.3. The van der Waals surface area contributed by atoms with Crippen LogP contribution in [0.5, 0.6) is 0 Å². The van der Waals surface area contributed by atoms with Crippen molar-refractivity contribution in [3.63, 3.8) is 0 Å². The largest absolute Gasteiger partial charge is 0.309 e. The van der Waals surface area contributed by atoms with Gasteiger partial charge in [-0.1, -0.05) is 121 Å². The fraction of sp³-hybridized carbons (Fsp3) is 0. The van der Waals surface area contributed by atoms with Crippen molar-refractivity contribution in [3.05, 3.63) is 218 Å². The minimum Gasteiger partial charge on any atom is -0.309 e. The Morgan fingerprint density at radius 1 is 0.222 bits per heavy atom. The zero-order chi connectivity index (χ0) is 41.4. The summed E-state index contributed by atoms with van der Waals surface area (Å²) in [5, 5.41) is 7.39. The van der Waals surface area contributed by atoms with Gasteiger partial charge in [-0.15, -0.1) is 0 Å². The van der Waals surface area contributed by atoms with Crippen LogP contribution in [0.1, 0.15) is 0 Å².